The van der Waals surface area contributed by atoms with Gasteiger partial charge in [-0.05, 0) is 66.1 Å². The van der Waals surface area contributed by atoms with Crippen LogP contribution < -0.4 is 4.74 Å². The molecular formula is C24H17Cl2NO3. The van der Waals surface area contributed by atoms with Gasteiger partial charge in [-0.25, -0.2) is 9.79 Å². The van der Waals surface area contributed by atoms with Crippen molar-refractivity contribution >= 4 is 41.1 Å². The van der Waals surface area contributed by atoms with Crippen molar-refractivity contribution in [3.05, 3.63) is 105 Å². The molecule has 0 N–H and O–H groups in total. The molecule has 1 aliphatic heterocycles. The molecule has 0 bridgehead atoms. The summed E-state index contributed by atoms with van der Waals surface area (Å²) in [4.78, 5) is 16.6. The molecule has 1 aliphatic rings. The van der Waals surface area contributed by atoms with Gasteiger partial charge in [-0.2, -0.15) is 0 Å². The van der Waals surface area contributed by atoms with Crippen molar-refractivity contribution in [1.29, 1.82) is 0 Å². The maximum atomic E-state index is 12.3. The summed E-state index contributed by atoms with van der Waals surface area (Å²) in [6, 6.07) is 20.3. The summed E-state index contributed by atoms with van der Waals surface area (Å²) in [7, 11) is 0. The van der Waals surface area contributed by atoms with Crippen LogP contribution in [0.1, 0.15) is 22.3 Å². The summed E-state index contributed by atoms with van der Waals surface area (Å²) >= 11 is 12.1. The van der Waals surface area contributed by atoms with Crippen LogP contribution in [0.2, 0.25) is 10.0 Å². The number of benzene rings is 3. The quantitative estimate of drug-likeness (QED) is 0.351. The second-order valence-electron chi connectivity index (χ2n) is 6.79. The van der Waals surface area contributed by atoms with E-state index in [4.69, 9.17) is 32.7 Å². The Hall–Kier alpha value is -3.08. The van der Waals surface area contributed by atoms with E-state index in [0.717, 1.165) is 16.7 Å². The lowest BCUT2D eigenvalue weighted by atomic mass is 10.1. The van der Waals surface area contributed by atoms with E-state index in [1.807, 2.05) is 67.6 Å². The van der Waals surface area contributed by atoms with Crippen LogP contribution in [0.15, 0.2) is 77.4 Å². The molecule has 30 heavy (non-hydrogen) atoms. The summed E-state index contributed by atoms with van der Waals surface area (Å²) in [5.41, 5.74) is 3.60. The van der Waals surface area contributed by atoms with Crippen molar-refractivity contribution in [2.75, 3.05) is 0 Å². The Morgan fingerprint density at radius 3 is 2.60 bits per heavy atom. The number of carbonyl (C=O) groups excluding carboxylic acids is 1. The Morgan fingerprint density at radius 1 is 1.03 bits per heavy atom. The number of esters is 1. The maximum Gasteiger partial charge on any atom is 0.363 e. The zero-order valence-electron chi connectivity index (χ0n) is 16.1. The standard InChI is InChI=1S/C24H17Cl2NO3/c1-15-5-8-18(13-21(15)26)23-27-22(24(28)30-23)12-17-3-2-4-20(11-17)29-14-16-6-9-19(25)10-7-16/h2-13H,14H2,1H3/b22-12+. The van der Waals surface area contributed by atoms with Crippen LogP contribution in [0.5, 0.6) is 5.75 Å². The SMILES string of the molecule is Cc1ccc(C2=N/C(=C/c3cccc(OCc4ccc(Cl)cc4)c3)C(=O)O2)cc1Cl. The summed E-state index contributed by atoms with van der Waals surface area (Å²) in [5, 5.41) is 1.28. The van der Waals surface area contributed by atoms with Gasteiger partial charge in [0.25, 0.3) is 0 Å². The van der Waals surface area contributed by atoms with Crippen LogP contribution in [-0.4, -0.2) is 11.9 Å². The summed E-state index contributed by atoms with van der Waals surface area (Å²) in [6.07, 6.45) is 1.67. The van der Waals surface area contributed by atoms with Crippen LogP contribution in [0.25, 0.3) is 6.08 Å². The molecule has 0 atom stereocenters. The second-order valence-corrected chi connectivity index (χ2v) is 7.63. The molecule has 150 valence electrons. The number of aryl methyl sites for hydroxylation is 1. The number of hydrogen-bond acceptors (Lipinski definition) is 4. The average Bonchev–Trinajstić information content (AvgIpc) is 3.10. The van der Waals surface area contributed by atoms with E-state index < -0.39 is 5.97 Å². The lowest BCUT2D eigenvalue weighted by molar-refractivity contribution is -0.129. The second kappa shape index (κ2) is 8.74. The molecule has 0 aromatic heterocycles. The summed E-state index contributed by atoms with van der Waals surface area (Å²) < 4.78 is 11.2. The van der Waals surface area contributed by atoms with Crippen LogP contribution in [0.3, 0.4) is 0 Å². The minimum absolute atomic E-state index is 0.219. The van der Waals surface area contributed by atoms with Crippen molar-refractivity contribution in [2.24, 2.45) is 4.99 Å². The van der Waals surface area contributed by atoms with Crippen molar-refractivity contribution in [1.82, 2.24) is 0 Å². The fourth-order valence-corrected chi connectivity index (χ4v) is 3.16. The van der Waals surface area contributed by atoms with E-state index in [1.165, 1.54) is 0 Å². The highest BCUT2D eigenvalue weighted by Gasteiger charge is 2.24. The molecule has 0 spiro atoms. The Balaban J connectivity index is 1.51. The lowest BCUT2D eigenvalue weighted by Crippen LogP contribution is -2.05. The van der Waals surface area contributed by atoms with E-state index in [1.54, 1.807) is 12.1 Å². The van der Waals surface area contributed by atoms with Gasteiger partial charge in [0.2, 0.25) is 5.90 Å². The molecule has 6 heteroatoms. The Labute approximate surface area is 184 Å². The average molecular weight is 438 g/mol. The fourth-order valence-electron chi connectivity index (χ4n) is 2.86. The third-order valence-corrected chi connectivity index (χ3v) is 5.18. The van der Waals surface area contributed by atoms with Gasteiger partial charge < -0.3 is 9.47 Å². The van der Waals surface area contributed by atoms with Gasteiger partial charge in [0.15, 0.2) is 5.70 Å². The predicted octanol–water partition coefficient (Wildman–Crippen LogP) is 6.23. The first-order chi connectivity index (χ1) is 14.5. The van der Waals surface area contributed by atoms with Gasteiger partial charge in [-0.15, -0.1) is 0 Å². The number of ether oxygens (including phenoxy) is 2. The van der Waals surface area contributed by atoms with E-state index in [9.17, 15) is 4.79 Å². The Bertz CT molecular complexity index is 1170. The highest BCUT2D eigenvalue weighted by Crippen LogP contribution is 2.24. The molecule has 0 radical (unpaired) electrons. The predicted molar refractivity (Wildman–Crippen MR) is 119 cm³/mol. The smallest absolute Gasteiger partial charge is 0.363 e. The van der Waals surface area contributed by atoms with E-state index >= 15 is 0 Å². The number of aliphatic imine (C=N–C) groups is 1. The number of halogens is 2. The molecule has 3 aromatic carbocycles. The molecule has 0 fully saturated rings. The molecule has 0 saturated heterocycles. The summed E-state index contributed by atoms with van der Waals surface area (Å²) in [5.74, 6) is 0.414. The number of cyclic esters (lactones) is 1. The third kappa shape index (κ3) is 4.73. The van der Waals surface area contributed by atoms with E-state index in [2.05, 4.69) is 4.99 Å². The normalized spacial score (nSPS) is 14.6. The third-order valence-electron chi connectivity index (χ3n) is 4.52. The number of nitrogens with zero attached hydrogens (tertiary/aromatic N) is 1. The molecule has 0 unspecified atom stereocenters. The van der Waals surface area contributed by atoms with Gasteiger partial charge in [0, 0.05) is 15.6 Å². The van der Waals surface area contributed by atoms with Crippen LogP contribution in [-0.2, 0) is 16.1 Å². The first-order valence-electron chi connectivity index (χ1n) is 9.24. The topological polar surface area (TPSA) is 47.9 Å². The van der Waals surface area contributed by atoms with Crippen LogP contribution in [0.4, 0.5) is 0 Å². The van der Waals surface area contributed by atoms with Crippen molar-refractivity contribution < 1.29 is 14.3 Å². The van der Waals surface area contributed by atoms with Crippen LogP contribution in [0, 0.1) is 6.92 Å². The maximum absolute atomic E-state index is 12.3. The first-order valence-corrected chi connectivity index (χ1v) is 10.00. The zero-order chi connectivity index (χ0) is 21.1. The minimum atomic E-state index is -0.505. The van der Waals surface area contributed by atoms with Crippen LogP contribution >= 0.6 is 23.2 Å². The molecule has 0 amide bonds. The van der Waals surface area contributed by atoms with Gasteiger partial charge >= 0.3 is 5.97 Å². The molecule has 3 aromatic rings. The highest BCUT2D eigenvalue weighted by molar-refractivity contribution is 6.32. The van der Waals surface area contributed by atoms with Gasteiger partial charge in [0.1, 0.15) is 12.4 Å². The van der Waals surface area contributed by atoms with E-state index in [-0.39, 0.29) is 11.6 Å². The fraction of sp³-hybridized carbons (Fsp3) is 0.0833. The van der Waals surface area contributed by atoms with Gasteiger partial charge in [-0.1, -0.05) is 53.5 Å². The number of rotatable bonds is 5. The molecule has 1 heterocycles. The Morgan fingerprint density at radius 2 is 1.83 bits per heavy atom. The van der Waals surface area contributed by atoms with Gasteiger partial charge in [-0.3, -0.25) is 0 Å². The van der Waals surface area contributed by atoms with Crippen molar-refractivity contribution in [2.45, 2.75) is 13.5 Å². The van der Waals surface area contributed by atoms with Gasteiger partial charge in [0.05, 0.1) is 0 Å². The zero-order valence-corrected chi connectivity index (χ0v) is 17.6. The number of carbonyl (C=O) groups is 1. The monoisotopic (exact) mass is 437 g/mol. The molecule has 4 nitrogen and oxygen atoms in total. The van der Waals surface area contributed by atoms with Crippen molar-refractivity contribution in [3.63, 3.8) is 0 Å². The largest absolute Gasteiger partial charge is 0.489 e. The van der Waals surface area contributed by atoms with Crippen molar-refractivity contribution in [3.8, 4) is 5.75 Å². The Kier molecular flexibility index (Phi) is 5.88. The minimum Gasteiger partial charge on any atom is -0.489 e. The number of hydrogen-bond donors (Lipinski definition) is 0. The summed E-state index contributed by atoms with van der Waals surface area (Å²) in [6.45, 7) is 2.32. The molecule has 0 aliphatic carbocycles. The molecular weight excluding hydrogens is 421 g/mol. The van der Waals surface area contributed by atoms with E-state index in [0.29, 0.717) is 28.0 Å². The molecule has 0 saturated carbocycles. The lowest BCUT2D eigenvalue weighted by Gasteiger charge is -2.07. The highest BCUT2D eigenvalue weighted by atomic mass is 35.5. The first kappa shape index (κ1) is 20.2. The molecule has 4 rings (SSSR count).